The predicted molar refractivity (Wildman–Crippen MR) is 62.9 cm³/mol. The first-order valence-electron chi connectivity index (χ1n) is 5.49. The van der Waals surface area contributed by atoms with E-state index >= 15 is 0 Å². The molecule has 0 spiro atoms. The van der Waals surface area contributed by atoms with E-state index in [4.69, 9.17) is 10.5 Å². The number of aromatic nitrogens is 1. The maximum Gasteiger partial charge on any atom is 0.244 e. The summed E-state index contributed by atoms with van der Waals surface area (Å²) >= 11 is 0. The van der Waals surface area contributed by atoms with E-state index in [1.54, 1.807) is 23.9 Å². The van der Waals surface area contributed by atoms with Crippen LogP contribution in [-0.2, 0) is 28.4 Å². The Bertz CT molecular complexity index is 489. The Labute approximate surface area is 101 Å². The van der Waals surface area contributed by atoms with Crippen molar-refractivity contribution in [3.63, 3.8) is 0 Å². The molecule has 6 nitrogen and oxygen atoms in total. The van der Waals surface area contributed by atoms with Gasteiger partial charge in [0.2, 0.25) is 10.0 Å². The fourth-order valence-corrected chi connectivity index (χ4v) is 3.36. The van der Waals surface area contributed by atoms with Crippen LogP contribution in [0.25, 0.3) is 0 Å². The number of hydrogen-bond donors (Lipinski definition) is 1. The van der Waals surface area contributed by atoms with E-state index in [2.05, 4.69) is 0 Å². The summed E-state index contributed by atoms with van der Waals surface area (Å²) in [5.41, 5.74) is 6.34. The molecule has 2 N–H and O–H groups in total. The van der Waals surface area contributed by atoms with Gasteiger partial charge >= 0.3 is 0 Å². The molecule has 0 saturated carbocycles. The highest BCUT2D eigenvalue weighted by atomic mass is 32.2. The van der Waals surface area contributed by atoms with E-state index in [1.807, 2.05) is 0 Å². The molecule has 7 heteroatoms. The van der Waals surface area contributed by atoms with Crippen LogP contribution >= 0.6 is 0 Å². The molecule has 0 radical (unpaired) electrons. The van der Waals surface area contributed by atoms with Gasteiger partial charge in [-0.15, -0.1) is 0 Å². The standard InChI is InChI=1S/C10H17N3O3S/c1-12-8-10(6-9(12)7-11)17(14,15)13-2-4-16-5-3-13/h6,8H,2-5,7,11H2,1H3. The summed E-state index contributed by atoms with van der Waals surface area (Å²) in [5, 5.41) is 0. The SMILES string of the molecule is Cn1cc(S(=O)(=O)N2CCOCC2)cc1CN. The maximum atomic E-state index is 12.3. The van der Waals surface area contributed by atoms with Crippen molar-refractivity contribution in [2.75, 3.05) is 26.3 Å². The fourth-order valence-electron chi connectivity index (χ4n) is 1.86. The first-order valence-corrected chi connectivity index (χ1v) is 6.93. The molecule has 0 bridgehead atoms. The van der Waals surface area contributed by atoms with E-state index < -0.39 is 10.0 Å². The molecule has 0 amide bonds. The highest BCUT2D eigenvalue weighted by molar-refractivity contribution is 7.89. The van der Waals surface area contributed by atoms with Gasteiger partial charge in [-0.25, -0.2) is 8.42 Å². The number of morpholine rings is 1. The number of sulfonamides is 1. The van der Waals surface area contributed by atoms with Crippen LogP contribution in [0.15, 0.2) is 17.2 Å². The van der Waals surface area contributed by atoms with Gasteiger partial charge in [-0.2, -0.15) is 4.31 Å². The molecule has 1 saturated heterocycles. The molecular formula is C10H17N3O3S. The van der Waals surface area contributed by atoms with Crippen LogP contribution in [0, 0.1) is 0 Å². The third-order valence-electron chi connectivity index (χ3n) is 2.90. The number of hydrogen-bond acceptors (Lipinski definition) is 4. The summed E-state index contributed by atoms with van der Waals surface area (Å²) in [6.45, 7) is 2.06. The van der Waals surface area contributed by atoms with Crippen LogP contribution in [0.5, 0.6) is 0 Å². The van der Waals surface area contributed by atoms with E-state index in [-0.39, 0.29) is 0 Å². The van der Waals surface area contributed by atoms with Crippen molar-refractivity contribution >= 4 is 10.0 Å². The minimum absolute atomic E-state index is 0.308. The lowest BCUT2D eigenvalue weighted by molar-refractivity contribution is 0.0730. The van der Waals surface area contributed by atoms with Crippen molar-refractivity contribution < 1.29 is 13.2 Å². The molecule has 0 aliphatic carbocycles. The lowest BCUT2D eigenvalue weighted by atomic mass is 10.4. The highest BCUT2D eigenvalue weighted by Crippen LogP contribution is 2.19. The molecule has 0 unspecified atom stereocenters. The average Bonchev–Trinajstić information content (AvgIpc) is 2.72. The zero-order valence-electron chi connectivity index (χ0n) is 9.80. The van der Waals surface area contributed by atoms with Crippen molar-refractivity contribution in [2.45, 2.75) is 11.4 Å². The van der Waals surface area contributed by atoms with E-state index in [1.165, 1.54) is 4.31 Å². The minimum atomic E-state index is -3.40. The van der Waals surface area contributed by atoms with Crippen molar-refractivity contribution in [1.82, 2.24) is 8.87 Å². The first-order chi connectivity index (χ1) is 8.05. The van der Waals surface area contributed by atoms with Gasteiger partial charge in [-0.3, -0.25) is 0 Å². The average molecular weight is 259 g/mol. The smallest absolute Gasteiger partial charge is 0.244 e. The third-order valence-corrected chi connectivity index (χ3v) is 4.76. The third kappa shape index (κ3) is 2.37. The minimum Gasteiger partial charge on any atom is -0.379 e. The van der Waals surface area contributed by atoms with Crippen LogP contribution in [0.2, 0.25) is 0 Å². The van der Waals surface area contributed by atoms with Gasteiger partial charge in [-0.1, -0.05) is 0 Å². The predicted octanol–water partition coefficient (Wildman–Crippen LogP) is -0.495. The van der Waals surface area contributed by atoms with Gasteiger partial charge in [0.1, 0.15) is 4.90 Å². The zero-order chi connectivity index (χ0) is 12.5. The summed E-state index contributed by atoms with van der Waals surface area (Å²) in [4.78, 5) is 0.308. The van der Waals surface area contributed by atoms with Crippen LogP contribution in [0.4, 0.5) is 0 Å². The van der Waals surface area contributed by atoms with Gasteiger partial charge < -0.3 is 15.0 Å². The molecule has 2 heterocycles. The number of rotatable bonds is 3. The van der Waals surface area contributed by atoms with Crippen molar-refractivity contribution in [2.24, 2.45) is 12.8 Å². The monoisotopic (exact) mass is 259 g/mol. The largest absolute Gasteiger partial charge is 0.379 e. The number of ether oxygens (including phenoxy) is 1. The number of aryl methyl sites for hydroxylation is 1. The van der Waals surface area contributed by atoms with Crippen LogP contribution in [-0.4, -0.2) is 43.6 Å². The lowest BCUT2D eigenvalue weighted by Crippen LogP contribution is -2.40. The van der Waals surface area contributed by atoms with Crippen LogP contribution in [0.1, 0.15) is 5.69 Å². The van der Waals surface area contributed by atoms with Gasteiger partial charge in [-0.05, 0) is 6.07 Å². The molecule has 0 atom stereocenters. The molecule has 1 aromatic heterocycles. The van der Waals surface area contributed by atoms with Crippen molar-refractivity contribution in [1.29, 1.82) is 0 Å². The lowest BCUT2D eigenvalue weighted by Gasteiger charge is -2.25. The molecule has 2 rings (SSSR count). The molecular weight excluding hydrogens is 242 g/mol. The van der Waals surface area contributed by atoms with E-state index in [0.29, 0.717) is 37.7 Å². The topological polar surface area (TPSA) is 77.6 Å². The Balaban J connectivity index is 2.30. The molecule has 1 aliphatic heterocycles. The van der Waals surface area contributed by atoms with Crippen LogP contribution in [0.3, 0.4) is 0 Å². The summed E-state index contributed by atoms with van der Waals surface area (Å²) in [5.74, 6) is 0. The zero-order valence-corrected chi connectivity index (χ0v) is 10.6. The molecule has 0 aromatic carbocycles. The summed E-state index contributed by atoms with van der Waals surface area (Å²) in [7, 11) is -1.60. The first kappa shape index (κ1) is 12.6. The summed E-state index contributed by atoms with van der Waals surface area (Å²) in [6, 6.07) is 1.63. The Morgan fingerprint density at radius 3 is 2.59 bits per heavy atom. The second-order valence-electron chi connectivity index (χ2n) is 4.00. The molecule has 1 aromatic rings. The summed E-state index contributed by atoms with van der Waals surface area (Å²) < 4.78 is 32.9. The van der Waals surface area contributed by atoms with Gasteiger partial charge in [0.25, 0.3) is 0 Å². The Kier molecular flexibility index (Phi) is 3.53. The Hall–Kier alpha value is -0.890. The normalized spacial score (nSPS) is 18.5. The number of nitrogens with zero attached hydrogens (tertiary/aromatic N) is 2. The fraction of sp³-hybridized carbons (Fsp3) is 0.600. The number of nitrogens with two attached hydrogens (primary N) is 1. The van der Waals surface area contributed by atoms with E-state index in [0.717, 1.165) is 5.69 Å². The summed E-state index contributed by atoms with van der Waals surface area (Å²) in [6.07, 6.45) is 1.60. The Morgan fingerprint density at radius 2 is 2.06 bits per heavy atom. The molecule has 17 heavy (non-hydrogen) atoms. The van der Waals surface area contributed by atoms with Gasteiger partial charge in [0, 0.05) is 38.6 Å². The molecule has 1 fully saturated rings. The van der Waals surface area contributed by atoms with Gasteiger partial charge in [0.05, 0.1) is 13.2 Å². The quantitative estimate of drug-likeness (QED) is 0.794. The van der Waals surface area contributed by atoms with Crippen LogP contribution < -0.4 is 5.73 Å². The molecule has 1 aliphatic rings. The van der Waals surface area contributed by atoms with Gasteiger partial charge in [0.15, 0.2) is 0 Å². The maximum absolute atomic E-state index is 12.3. The highest BCUT2D eigenvalue weighted by Gasteiger charge is 2.27. The second-order valence-corrected chi connectivity index (χ2v) is 5.94. The molecule has 96 valence electrons. The Morgan fingerprint density at radius 1 is 1.41 bits per heavy atom. The van der Waals surface area contributed by atoms with Crippen molar-refractivity contribution in [3.8, 4) is 0 Å². The van der Waals surface area contributed by atoms with Crippen molar-refractivity contribution in [3.05, 3.63) is 18.0 Å². The van der Waals surface area contributed by atoms with E-state index in [9.17, 15) is 8.42 Å². The second kappa shape index (κ2) is 4.77.